The van der Waals surface area contributed by atoms with E-state index in [1.54, 1.807) is 14.0 Å². The number of likely N-dealkylation sites (tertiary alicyclic amines) is 1. The van der Waals surface area contributed by atoms with E-state index in [0.29, 0.717) is 26.1 Å². The molecular formula is C15H24N2O4S. The van der Waals surface area contributed by atoms with Crippen molar-refractivity contribution in [1.82, 2.24) is 9.62 Å². The van der Waals surface area contributed by atoms with Gasteiger partial charge in [-0.1, -0.05) is 12.1 Å². The Morgan fingerprint density at radius 2 is 2.23 bits per heavy atom. The summed E-state index contributed by atoms with van der Waals surface area (Å²) in [5, 5.41) is 9.95. The Hall–Kier alpha value is -1.15. The number of ether oxygens (including phenoxy) is 1. The molecule has 1 heterocycles. The van der Waals surface area contributed by atoms with Gasteiger partial charge in [-0.05, 0) is 31.0 Å². The van der Waals surface area contributed by atoms with Crippen LogP contribution in [-0.2, 0) is 10.0 Å². The number of hydrogen-bond acceptors (Lipinski definition) is 5. The summed E-state index contributed by atoms with van der Waals surface area (Å²) in [6.45, 7) is 3.08. The molecule has 1 fully saturated rings. The number of β-amino-alcohol motifs (C(OH)–C–C–N with tert-alkyl or cyclic N) is 1. The molecule has 1 aliphatic rings. The SMILES string of the molecule is CCS(=O)(=O)NCCN1C[C@H](O)C[C@H]1c1cccc(OC)c1. The summed E-state index contributed by atoms with van der Waals surface area (Å²) in [7, 11) is -1.55. The lowest BCUT2D eigenvalue weighted by molar-refractivity contribution is 0.176. The predicted octanol–water partition coefficient (Wildman–Crippen LogP) is 0.742. The van der Waals surface area contributed by atoms with Crippen LogP contribution < -0.4 is 9.46 Å². The van der Waals surface area contributed by atoms with Crippen LogP contribution in [0, 0.1) is 0 Å². The van der Waals surface area contributed by atoms with Crippen molar-refractivity contribution in [2.24, 2.45) is 0 Å². The normalized spacial score (nSPS) is 22.9. The lowest BCUT2D eigenvalue weighted by atomic mass is 10.0. The maximum atomic E-state index is 11.5. The third-order valence-electron chi connectivity index (χ3n) is 3.96. The van der Waals surface area contributed by atoms with Crippen molar-refractivity contribution in [3.8, 4) is 5.75 Å². The zero-order valence-corrected chi connectivity index (χ0v) is 13.8. The molecule has 0 saturated carbocycles. The molecule has 7 heteroatoms. The lowest BCUT2D eigenvalue weighted by Gasteiger charge is -2.24. The van der Waals surface area contributed by atoms with Gasteiger partial charge in [-0.2, -0.15) is 0 Å². The maximum Gasteiger partial charge on any atom is 0.211 e. The molecule has 2 atom stereocenters. The minimum absolute atomic E-state index is 0.0783. The first-order valence-corrected chi connectivity index (χ1v) is 9.14. The predicted molar refractivity (Wildman–Crippen MR) is 85.4 cm³/mol. The molecule has 0 spiro atoms. The van der Waals surface area contributed by atoms with Crippen molar-refractivity contribution >= 4 is 10.0 Å². The van der Waals surface area contributed by atoms with Gasteiger partial charge in [-0.3, -0.25) is 4.90 Å². The molecule has 124 valence electrons. The highest BCUT2D eigenvalue weighted by Crippen LogP contribution is 2.33. The second kappa shape index (κ2) is 7.41. The number of methoxy groups -OCH3 is 1. The first-order chi connectivity index (χ1) is 10.4. The maximum absolute atomic E-state index is 11.5. The van der Waals surface area contributed by atoms with Gasteiger partial charge in [0.05, 0.1) is 19.0 Å². The topological polar surface area (TPSA) is 78.9 Å². The molecule has 0 radical (unpaired) electrons. The van der Waals surface area contributed by atoms with Gasteiger partial charge in [-0.25, -0.2) is 13.1 Å². The van der Waals surface area contributed by atoms with E-state index in [0.717, 1.165) is 11.3 Å². The molecule has 1 aromatic carbocycles. The van der Waals surface area contributed by atoms with Gasteiger partial charge in [0.25, 0.3) is 0 Å². The molecule has 2 N–H and O–H groups in total. The number of aliphatic hydroxyl groups is 1. The van der Waals surface area contributed by atoms with Crippen LogP contribution in [0.2, 0.25) is 0 Å². The number of nitrogens with zero attached hydrogens (tertiary/aromatic N) is 1. The second-order valence-electron chi connectivity index (χ2n) is 5.47. The summed E-state index contributed by atoms with van der Waals surface area (Å²) < 4.78 is 30.8. The number of hydrogen-bond donors (Lipinski definition) is 2. The first-order valence-electron chi connectivity index (χ1n) is 7.48. The van der Waals surface area contributed by atoms with E-state index in [1.165, 1.54) is 0 Å². The van der Waals surface area contributed by atoms with Gasteiger partial charge < -0.3 is 9.84 Å². The number of benzene rings is 1. The first kappa shape index (κ1) is 17.2. The average molecular weight is 328 g/mol. The highest BCUT2D eigenvalue weighted by Gasteiger charge is 2.31. The highest BCUT2D eigenvalue weighted by molar-refractivity contribution is 7.89. The molecule has 0 aliphatic carbocycles. The third kappa shape index (κ3) is 4.42. The smallest absolute Gasteiger partial charge is 0.211 e. The van der Waals surface area contributed by atoms with E-state index in [1.807, 2.05) is 24.3 Å². The minimum Gasteiger partial charge on any atom is -0.497 e. The van der Waals surface area contributed by atoms with Crippen molar-refractivity contribution in [2.45, 2.75) is 25.5 Å². The molecular weight excluding hydrogens is 304 g/mol. The van der Waals surface area contributed by atoms with Gasteiger partial charge >= 0.3 is 0 Å². The van der Waals surface area contributed by atoms with E-state index in [9.17, 15) is 13.5 Å². The molecule has 2 rings (SSSR count). The molecule has 22 heavy (non-hydrogen) atoms. The van der Waals surface area contributed by atoms with Crippen molar-refractivity contribution in [3.05, 3.63) is 29.8 Å². The summed E-state index contributed by atoms with van der Waals surface area (Å²) in [6, 6.07) is 7.86. The lowest BCUT2D eigenvalue weighted by Crippen LogP contribution is -2.36. The fraction of sp³-hybridized carbons (Fsp3) is 0.600. The van der Waals surface area contributed by atoms with Crippen LogP contribution in [0.4, 0.5) is 0 Å². The molecule has 1 saturated heterocycles. The largest absolute Gasteiger partial charge is 0.497 e. The Morgan fingerprint density at radius 3 is 2.91 bits per heavy atom. The Bertz CT molecular complexity index is 591. The van der Waals surface area contributed by atoms with Crippen molar-refractivity contribution in [1.29, 1.82) is 0 Å². The number of nitrogens with one attached hydrogen (secondary N) is 1. The second-order valence-corrected chi connectivity index (χ2v) is 7.57. The monoisotopic (exact) mass is 328 g/mol. The van der Waals surface area contributed by atoms with E-state index >= 15 is 0 Å². The molecule has 6 nitrogen and oxygen atoms in total. The molecule has 0 aromatic heterocycles. The van der Waals surface area contributed by atoms with E-state index < -0.39 is 10.0 Å². The zero-order valence-electron chi connectivity index (χ0n) is 13.0. The van der Waals surface area contributed by atoms with Crippen LogP contribution in [-0.4, -0.2) is 57.0 Å². The molecule has 0 amide bonds. The third-order valence-corrected chi connectivity index (χ3v) is 5.36. The van der Waals surface area contributed by atoms with E-state index in [2.05, 4.69) is 9.62 Å². The van der Waals surface area contributed by atoms with Crippen molar-refractivity contribution < 1.29 is 18.3 Å². The molecule has 0 unspecified atom stereocenters. The fourth-order valence-electron chi connectivity index (χ4n) is 2.77. The minimum atomic E-state index is -3.18. The Labute approximate surface area is 132 Å². The Morgan fingerprint density at radius 1 is 1.45 bits per heavy atom. The van der Waals surface area contributed by atoms with E-state index in [4.69, 9.17) is 4.74 Å². The zero-order chi connectivity index (χ0) is 16.2. The van der Waals surface area contributed by atoms with Crippen molar-refractivity contribution in [2.75, 3.05) is 32.5 Å². The van der Waals surface area contributed by atoms with Crippen LogP contribution in [0.3, 0.4) is 0 Å². The summed E-state index contributed by atoms with van der Waals surface area (Å²) in [6.07, 6.45) is 0.257. The number of rotatable bonds is 7. The quantitative estimate of drug-likeness (QED) is 0.772. The fourth-order valence-corrected chi connectivity index (χ4v) is 3.38. The molecule has 1 aliphatic heterocycles. The average Bonchev–Trinajstić information content (AvgIpc) is 2.88. The highest BCUT2D eigenvalue weighted by atomic mass is 32.2. The standard InChI is InChI=1S/C15H24N2O4S/c1-3-22(19,20)16-7-8-17-11-13(18)10-15(17)12-5-4-6-14(9-12)21-2/h4-6,9,13,15-16,18H,3,7-8,10-11H2,1-2H3/t13-,15+/m1/s1. The molecule has 1 aromatic rings. The summed E-state index contributed by atoms with van der Waals surface area (Å²) in [5.74, 6) is 0.861. The Kier molecular flexibility index (Phi) is 5.80. The Balaban J connectivity index is 2.03. The van der Waals surface area contributed by atoms with Gasteiger partial charge in [0.2, 0.25) is 10.0 Å². The van der Waals surface area contributed by atoms with Crippen molar-refractivity contribution in [3.63, 3.8) is 0 Å². The van der Waals surface area contributed by atoms with Crippen LogP contribution >= 0.6 is 0 Å². The van der Waals surface area contributed by atoms with Gasteiger partial charge in [0.15, 0.2) is 0 Å². The molecule has 0 bridgehead atoms. The van der Waals surface area contributed by atoms with Gasteiger partial charge in [0.1, 0.15) is 5.75 Å². The van der Waals surface area contributed by atoms with Crippen LogP contribution in [0.15, 0.2) is 24.3 Å². The summed E-state index contributed by atoms with van der Waals surface area (Å²) in [4.78, 5) is 2.11. The van der Waals surface area contributed by atoms with Gasteiger partial charge in [0, 0.05) is 25.7 Å². The number of aliphatic hydroxyl groups excluding tert-OH is 1. The van der Waals surface area contributed by atoms with Gasteiger partial charge in [-0.15, -0.1) is 0 Å². The van der Waals surface area contributed by atoms with Crippen LogP contribution in [0.25, 0.3) is 0 Å². The van der Waals surface area contributed by atoms with E-state index in [-0.39, 0.29) is 17.9 Å². The van der Waals surface area contributed by atoms with Crippen LogP contribution in [0.5, 0.6) is 5.75 Å². The van der Waals surface area contributed by atoms with Crippen LogP contribution in [0.1, 0.15) is 24.9 Å². The number of sulfonamides is 1. The summed E-state index contributed by atoms with van der Waals surface area (Å²) in [5.41, 5.74) is 1.08. The summed E-state index contributed by atoms with van der Waals surface area (Å²) >= 11 is 0.